The molecule has 0 amide bonds. The maximum Gasteiger partial charge on any atom is 0.118 e. The minimum atomic E-state index is 0.382. The van der Waals surface area contributed by atoms with E-state index in [4.69, 9.17) is 10.5 Å². The molecule has 86 valence electrons. The quantitative estimate of drug-likeness (QED) is 0.826. The second-order valence-electron chi connectivity index (χ2n) is 5.21. The van der Waals surface area contributed by atoms with Crippen molar-refractivity contribution in [2.75, 3.05) is 7.11 Å². The predicted molar refractivity (Wildman–Crippen MR) is 64.5 cm³/mol. The fourth-order valence-corrected chi connectivity index (χ4v) is 3.66. The number of benzene rings is 1. The molecule has 2 saturated carbocycles. The number of hydrogen-bond acceptors (Lipinski definition) is 2. The SMILES string of the molecule is COc1ccc([C@H]2[C@H]3CC[C@@H](C3)[C@@H]2N)cc1. The minimum absolute atomic E-state index is 0.382. The molecule has 0 saturated heterocycles. The third-order valence-electron chi connectivity index (χ3n) is 4.48. The summed E-state index contributed by atoms with van der Waals surface area (Å²) in [6.45, 7) is 0. The molecule has 2 fully saturated rings. The number of methoxy groups -OCH3 is 1. The highest BCUT2D eigenvalue weighted by atomic mass is 16.5. The Balaban J connectivity index is 1.86. The molecule has 0 aromatic heterocycles. The summed E-state index contributed by atoms with van der Waals surface area (Å²) in [7, 11) is 1.71. The van der Waals surface area contributed by atoms with Crippen LogP contribution in [0.3, 0.4) is 0 Å². The van der Waals surface area contributed by atoms with Crippen LogP contribution in [0.1, 0.15) is 30.7 Å². The van der Waals surface area contributed by atoms with Gasteiger partial charge in [-0.3, -0.25) is 0 Å². The van der Waals surface area contributed by atoms with Crippen molar-refractivity contribution in [3.63, 3.8) is 0 Å². The fourth-order valence-electron chi connectivity index (χ4n) is 3.66. The van der Waals surface area contributed by atoms with Crippen LogP contribution in [0.2, 0.25) is 0 Å². The van der Waals surface area contributed by atoms with Gasteiger partial charge in [-0.15, -0.1) is 0 Å². The zero-order valence-corrected chi connectivity index (χ0v) is 9.73. The molecule has 1 aromatic carbocycles. The predicted octanol–water partition coefficient (Wildman–Crippen LogP) is 2.54. The second kappa shape index (κ2) is 3.77. The van der Waals surface area contributed by atoms with Crippen LogP contribution in [0.25, 0.3) is 0 Å². The lowest BCUT2D eigenvalue weighted by Crippen LogP contribution is -2.33. The Bertz CT molecular complexity index is 371. The van der Waals surface area contributed by atoms with E-state index >= 15 is 0 Å². The number of fused-ring (bicyclic) bond motifs is 2. The van der Waals surface area contributed by atoms with Crippen molar-refractivity contribution >= 4 is 0 Å². The molecule has 0 radical (unpaired) electrons. The highest BCUT2D eigenvalue weighted by Gasteiger charge is 2.46. The van der Waals surface area contributed by atoms with Crippen molar-refractivity contribution in [2.45, 2.75) is 31.2 Å². The van der Waals surface area contributed by atoms with Gasteiger partial charge in [-0.2, -0.15) is 0 Å². The first-order valence-corrected chi connectivity index (χ1v) is 6.19. The zero-order chi connectivity index (χ0) is 11.1. The van der Waals surface area contributed by atoms with Crippen LogP contribution >= 0.6 is 0 Å². The highest BCUT2D eigenvalue weighted by Crippen LogP contribution is 2.52. The fraction of sp³-hybridized carbons (Fsp3) is 0.571. The molecule has 0 unspecified atom stereocenters. The minimum Gasteiger partial charge on any atom is -0.497 e. The van der Waals surface area contributed by atoms with Crippen molar-refractivity contribution < 1.29 is 4.74 Å². The molecule has 2 N–H and O–H groups in total. The molecule has 3 rings (SSSR count). The Kier molecular flexibility index (Phi) is 2.40. The van der Waals surface area contributed by atoms with Crippen molar-refractivity contribution in [3.8, 4) is 5.75 Å². The summed E-state index contributed by atoms with van der Waals surface area (Å²) in [6.07, 6.45) is 4.06. The first-order valence-electron chi connectivity index (χ1n) is 6.19. The number of hydrogen-bond donors (Lipinski definition) is 1. The van der Waals surface area contributed by atoms with E-state index in [0.29, 0.717) is 12.0 Å². The van der Waals surface area contributed by atoms with E-state index in [1.54, 1.807) is 7.11 Å². The van der Waals surface area contributed by atoms with Crippen LogP contribution in [0, 0.1) is 11.8 Å². The molecule has 0 heterocycles. The Morgan fingerprint density at radius 2 is 1.81 bits per heavy atom. The molecule has 0 spiro atoms. The lowest BCUT2D eigenvalue weighted by Gasteiger charge is -2.28. The molecular weight excluding hydrogens is 198 g/mol. The Labute approximate surface area is 96.8 Å². The number of rotatable bonds is 2. The monoisotopic (exact) mass is 217 g/mol. The first-order chi connectivity index (χ1) is 7.79. The Morgan fingerprint density at radius 1 is 1.12 bits per heavy atom. The van der Waals surface area contributed by atoms with E-state index in [9.17, 15) is 0 Å². The Morgan fingerprint density at radius 3 is 2.38 bits per heavy atom. The van der Waals surface area contributed by atoms with E-state index in [0.717, 1.165) is 17.6 Å². The van der Waals surface area contributed by atoms with Gasteiger partial charge in [-0.25, -0.2) is 0 Å². The van der Waals surface area contributed by atoms with Crippen LogP contribution in [-0.4, -0.2) is 13.2 Å². The topological polar surface area (TPSA) is 35.2 Å². The molecule has 0 aliphatic heterocycles. The van der Waals surface area contributed by atoms with Gasteiger partial charge in [0.1, 0.15) is 5.75 Å². The van der Waals surface area contributed by atoms with Crippen LogP contribution in [-0.2, 0) is 0 Å². The number of nitrogens with two attached hydrogens (primary N) is 1. The van der Waals surface area contributed by atoms with Gasteiger partial charge in [0, 0.05) is 12.0 Å². The van der Waals surface area contributed by atoms with Crippen molar-refractivity contribution in [1.29, 1.82) is 0 Å². The molecule has 2 aliphatic rings. The van der Waals surface area contributed by atoms with Gasteiger partial charge in [-0.05, 0) is 48.8 Å². The maximum atomic E-state index is 6.34. The summed E-state index contributed by atoms with van der Waals surface area (Å²) in [5.41, 5.74) is 7.74. The Hall–Kier alpha value is -1.02. The van der Waals surface area contributed by atoms with Crippen LogP contribution < -0.4 is 10.5 Å². The van der Waals surface area contributed by atoms with Gasteiger partial charge in [0.2, 0.25) is 0 Å². The summed E-state index contributed by atoms with van der Waals surface area (Å²) in [6, 6.07) is 8.85. The van der Waals surface area contributed by atoms with E-state index in [1.807, 2.05) is 12.1 Å². The lowest BCUT2D eigenvalue weighted by atomic mass is 9.80. The third-order valence-corrected chi connectivity index (χ3v) is 4.48. The molecule has 2 heteroatoms. The largest absolute Gasteiger partial charge is 0.497 e. The van der Waals surface area contributed by atoms with Gasteiger partial charge in [0.25, 0.3) is 0 Å². The van der Waals surface area contributed by atoms with Crippen molar-refractivity contribution in [3.05, 3.63) is 29.8 Å². The van der Waals surface area contributed by atoms with E-state index in [-0.39, 0.29) is 0 Å². The third kappa shape index (κ3) is 1.44. The lowest BCUT2D eigenvalue weighted by molar-refractivity contribution is 0.365. The summed E-state index contributed by atoms with van der Waals surface area (Å²) >= 11 is 0. The van der Waals surface area contributed by atoms with Gasteiger partial charge < -0.3 is 10.5 Å². The molecule has 2 bridgehead atoms. The molecule has 2 aliphatic carbocycles. The van der Waals surface area contributed by atoms with Crippen molar-refractivity contribution in [1.82, 2.24) is 0 Å². The highest BCUT2D eigenvalue weighted by molar-refractivity contribution is 5.32. The normalized spacial score (nSPS) is 36.6. The average Bonchev–Trinajstić information content (AvgIpc) is 2.90. The summed E-state index contributed by atoms with van der Waals surface area (Å²) in [5, 5.41) is 0. The molecule has 16 heavy (non-hydrogen) atoms. The zero-order valence-electron chi connectivity index (χ0n) is 9.73. The van der Waals surface area contributed by atoms with E-state index < -0.39 is 0 Å². The van der Waals surface area contributed by atoms with Gasteiger partial charge >= 0.3 is 0 Å². The van der Waals surface area contributed by atoms with E-state index in [1.165, 1.54) is 24.8 Å². The summed E-state index contributed by atoms with van der Waals surface area (Å²) in [5.74, 6) is 3.12. The van der Waals surface area contributed by atoms with E-state index in [2.05, 4.69) is 12.1 Å². The van der Waals surface area contributed by atoms with Gasteiger partial charge in [0.05, 0.1) is 7.11 Å². The average molecular weight is 217 g/mol. The van der Waals surface area contributed by atoms with Crippen LogP contribution in [0.4, 0.5) is 0 Å². The summed E-state index contributed by atoms with van der Waals surface area (Å²) in [4.78, 5) is 0. The van der Waals surface area contributed by atoms with Gasteiger partial charge in [-0.1, -0.05) is 12.1 Å². The first kappa shape index (κ1) is 10.2. The molecular formula is C14H19NO. The number of ether oxygens (including phenoxy) is 1. The van der Waals surface area contributed by atoms with Crippen molar-refractivity contribution in [2.24, 2.45) is 17.6 Å². The van der Waals surface area contributed by atoms with Gasteiger partial charge in [0.15, 0.2) is 0 Å². The second-order valence-corrected chi connectivity index (χ2v) is 5.21. The smallest absolute Gasteiger partial charge is 0.118 e. The maximum absolute atomic E-state index is 6.34. The summed E-state index contributed by atoms with van der Waals surface area (Å²) < 4.78 is 5.19. The standard InChI is InChI=1S/C14H19NO/c1-16-12-6-4-9(5-7-12)13-10-2-3-11(8-10)14(13)15/h4-7,10-11,13-14H,2-3,8,15H2,1H3/t10-,11-,13-,14-/m0/s1. The molecule has 2 nitrogen and oxygen atoms in total. The van der Waals surface area contributed by atoms with Crippen LogP contribution in [0.5, 0.6) is 5.75 Å². The van der Waals surface area contributed by atoms with Crippen LogP contribution in [0.15, 0.2) is 24.3 Å². The molecule has 4 atom stereocenters. The molecule has 1 aromatic rings.